The quantitative estimate of drug-likeness (QED) is 0.899. The number of rotatable bonds is 3. The molecule has 0 spiro atoms. The average Bonchev–Trinajstić information content (AvgIpc) is 3.33. The van der Waals surface area contributed by atoms with Crippen LogP contribution in [0, 0.1) is 0 Å². The molecule has 0 radical (unpaired) electrons. The van der Waals surface area contributed by atoms with E-state index in [1.165, 1.54) is 0 Å². The second kappa shape index (κ2) is 6.93. The van der Waals surface area contributed by atoms with Crippen LogP contribution in [0.25, 0.3) is 5.69 Å². The fourth-order valence-corrected chi connectivity index (χ4v) is 3.90. The Labute approximate surface area is 146 Å². The molecule has 2 aromatic rings. The van der Waals surface area contributed by atoms with Gasteiger partial charge in [0.2, 0.25) is 0 Å². The third-order valence-corrected chi connectivity index (χ3v) is 5.35. The summed E-state index contributed by atoms with van der Waals surface area (Å²) in [4.78, 5) is 17.0. The summed E-state index contributed by atoms with van der Waals surface area (Å²) in [5.41, 5.74) is 1.63. The summed E-state index contributed by atoms with van der Waals surface area (Å²) in [6.07, 6.45) is 6.14. The normalized spacial score (nSPS) is 24.6. The van der Waals surface area contributed by atoms with Gasteiger partial charge in [-0.2, -0.15) is 0 Å². The van der Waals surface area contributed by atoms with E-state index in [0.717, 1.165) is 51.1 Å². The van der Waals surface area contributed by atoms with Crippen LogP contribution in [0.4, 0.5) is 0 Å². The van der Waals surface area contributed by atoms with Crippen molar-refractivity contribution in [2.45, 2.75) is 31.4 Å². The number of hydrogen-bond acceptors (Lipinski definition) is 5. The molecule has 2 aliphatic rings. The predicted molar refractivity (Wildman–Crippen MR) is 92.5 cm³/mol. The summed E-state index contributed by atoms with van der Waals surface area (Å²) in [6.45, 7) is 3.11. The molecule has 0 unspecified atom stereocenters. The highest BCUT2D eigenvalue weighted by Crippen LogP contribution is 2.25. The third kappa shape index (κ3) is 3.29. The molecule has 7 heteroatoms. The molecule has 1 aliphatic heterocycles. The average molecular weight is 341 g/mol. The fourth-order valence-electron chi connectivity index (χ4n) is 3.90. The van der Waals surface area contributed by atoms with Gasteiger partial charge in [-0.15, -0.1) is 10.2 Å². The minimum atomic E-state index is -0.201. The molecule has 2 fully saturated rings. The first-order valence-corrected chi connectivity index (χ1v) is 8.89. The van der Waals surface area contributed by atoms with Crippen LogP contribution < -0.4 is 0 Å². The zero-order valence-corrected chi connectivity index (χ0v) is 14.2. The van der Waals surface area contributed by atoms with Crippen molar-refractivity contribution in [3.63, 3.8) is 0 Å². The number of aromatic nitrogens is 3. The molecule has 1 N–H and O–H groups in total. The van der Waals surface area contributed by atoms with Crippen LogP contribution in [0.1, 0.15) is 29.6 Å². The maximum absolute atomic E-state index is 12.7. The highest BCUT2D eigenvalue weighted by molar-refractivity contribution is 5.94. The Morgan fingerprint density at radius 1 is 1.00 bits per heavy atom. The minimum absolute atomic E-state index is 0.0712. The molecular formula is C18H23N5O2. The van der Waals surface area contributed by atoms with Gasteiger partial charge in [0.1, 0.15) is 12.7 Å². The van der Waals surface area contributed by atoms with Crippen molar-refractivity contribution in [3.05, 3.63) is 42.5 Å². The van der Waals surface area contributed by atoms with E-state index in [-0.39, 0.29) is 18.1 Å². The third-order valence-electron chi connectivity index (χ3n) is 5.35. The number of carbonyl (C=O) groups excluding carboxylic acids is 1. The van der Waals surface area contributed by atoms with E-state index < -0.39 is 0 Å². The van der Waals surface area contributed by atoms with Gasteiger partial charge in [-0.25, -0.2) is 0 Å². The first-order chi connectivity index (χ1) is 12.2. The molecular weight excluding hydrogens is 318 g/mol. The lowest BCUT2D eigenvalue weighted by molar-refractivity contribution is 0.0315. The first-order valence-electron chi connectivity index (χ1n) is 8.89. The summed E-state index contributed by atoms with van der Waals surface area (Å²) in [5, 5.41) is 17.6. The van der Waals surface area contributed by atoms with Crippen molar-refractivity contribution < 1.29 is 9.90 Å². The van der Waals surface area contributed by atoms with Crippen molar-refractivity contribution >= 4 is 5.91 Å². The van der Waals surface area contributed by atoms with Crippen LogP contribution >= 0.6 is 0 Å². The van der Waals surface area contributed by atoms with Crippen LogP contribution in [0.15, 0.2) is 36.9 Å². The Bertz CT molecular complexity index is 708. The molecule has 1 aromatic carbocycles. The van der Waals surface area contributed by atoms with E-state index in [2.05, 4.69) is 15.1 Å². The molecule has 1 saturated carbocycles. The van der Waals surface area contributed by atoms with Crippen molar-refractivity contribution in [2.75, 3.05) is 26.2 Å². The van der Waals surface area contributed by atoms with E-state index in [4.69, 9.17) is 0 Å². The Hall–Kier alpha value is -2.25. The number of benzene rings is 1. The summed E-state index contributed by atoms with van der Waals surface area (Å²) in [7, 11) is 0. The van der Waals surface area contributed by atoms with E-state index in [1.807, 2.05) is 29.2 Å². The molecule has 1 aliphatic carbocycles. The first kappa shape index (κ1) is 16.2. The highest BCUT2D eigenvalue weighted by Gasteiger charge is 2.33. The summed E-state index contributed by atoms with van der Waals surface area (Å²) < 4.78 is 1.81. The van der Waals surface area contributed by atoms with E-state index in [1.54, 1.807) is 17.2 Å². The number of aliphatic hydroxyl groups is 1. The second-order valence-electron chi connectivity index (χ2n) is 6.81. The SMILES string of the molecule is O=C(c1ccc(-n2cnnc2)cc1)N1CCN([C@H]2CCC[C@H]2O)CC1. The Morgan fingerprint density at radius 3 is 2.28 bits per heavy atom. The van der Waals surface area contributed by atoms with Gasteiger partial charge in [0.05, 0.1) is 6.10 Å². The molecule has 1 amide bonds. The molecule has 4 rings (SSSR count). The fraction of sp³-hybridized carbons (Fsp3) is 0.500. The van der Waals surface area contributed by atoms with E-state index in [9.17, 15) is 9.90 Å². The highest BCUT2D eigenvalue weighted by atomic mass is 16.3. The Morgan fingerprint density at radius 2 is 1.68 bits per heavy atom. The number of piperazine rings is 1. The lowest BCUT2D eigenvalue weighted by Crippen LogP contribution is -2.53. The molecule has 0 bridgehead atoms. The summed E-state index contributed by atoms with van der Waals surface area (Å²) in [6, 6.07) is 7.79. The van der Waals surface area contributed by atoms with Gasteiger partial charge in [-0.3, -0.25) is 14.3 Å². The lowest BCUT2D eigenvalue weighted by atomic mass is 10.1. The molecule has 7 nitrogen and oxygen atoms in total. The number of amides is 1. The number of aliphatic hydroxyl groups excluding tert-OH is 1. The number of nitrogens with zero attached hydrogens (tertiary/aromatic N) is 5. The van der Waals surface area contributed by atoms with Gasteiger partial charge >= 0.3 is 0 Å². The number of carbonyl (C=O) groups is 1. The second-order valence-corrected chi connectivity index (χ2v) is 6.81. The molecule has 2 atom stereocenters. The van der Waals surface area contributed by atoms with Crippen molar-refractivity contribution in [1.82, 2.24) is 24.6 Å². The van der Waals surface area contributed by atoms with Gasteiger partial charge in [0.15, 0.2) is 0 Å². The van der Waals surface area contributed by atoms with Crippen LogP contribution in [-0.2, 0) is 0 Å². The summed E-state index contributed by atoms with van der Waals surface area (Å²) in [5.74, 6) is 0.0712. The molecule has 25 heavy (non-hydrogen) atoms. The van der Waals surface area contributed by atoms with Gasteiger partial charge in [-0.05, 0) is 43.5 Å². The predicted octanol–water partition coefficient (Wildman–Crippen LogP) is 0.938. The Kier molecular flexibility index (Phi) is 4.50. The molecule has 2 heterocycles. The maximum Gasteiger partial charge on any atom is 0.253 e. The van der Waals surface area contributed by atoms with Crippen molar-refractivity contribution in [3.8, 4) is 5.69 Å². The van der Waals surface area contributed by atoms with Crippen LogP contribution in [-0.4, -0.2) is 73.9 Å². The van der Waals surface area contributed by atoms with Gasteiger partial charge < -0.3 is 10.0 Å². The molecule has 1 aromatic heterocycles. The largest absolute Gasteiger partial charge is 0.391 e. The van der Waals surface area contributed by atoms with Crippen LogP contribution in [0.3, 0.4) is 0 Å². The molecule has 1 saturated heterocycles. The van der Waals surface area contributed by atoms with E-state index in [0.29, 0.717) is 5.56 Å². The van der Waals surface area contributed by atoms with Crippen LogP contribution in [0.5, 0.6) is 0 Å². The van der Waals surface area contributed by atoms with Crippen molar-refractivity contribution in [1.29, 1.82) is 0 Å². The smallest absolute Gasteiger partial charge is 0.253 e. The van der Waals surface area contributed by atoms with Gasteiger partial charge in [0, 0.05) is 43.5 Å². The van der Waals surface area contributed by atoms with Crippen molar-refractivity contribution in [2.24, 2.45) is 0 Å². The van der Waals surface area contributed by atoms with Gasteiger partial charge in [-0.1, -0.05) is 0 Å². The van der Waals surface area contributed by atoms with Gasteiger partial charge in [0.25, 0.3) is 5.91 Å². The minimum Gasteiger partial charge on any atom is -0.391 e. The Balaban J connectivity index is 1.37. The number of hydrogen-bond donors (Lipinski definition) is 1. The topological polar surface area (TPSA) is 74.5 Å². The van der Waals surface area contributed by atoms with E-state index >= 15 is 0 Å². The standard InChI is InChI=1S/C18H23N5O2/c24-17-3-1-2-16(17)21-8-10-22(11-9-21)18(25)14-4-6-15(7-5-14)23-12-19-20-13-23/h4-7,12-13,16-17,24H,1-3,8-11H2/t16-,17+/m0/s1. The summed E-state index contributed by atoms with van der Waals surface area (Å²) >= 11 is 0. The lowest BCUT2D eigenvalue weighted by Gasteiger charge is -2.39. The molecule has 132 valence electrons. The maximum atomic E-state index is 12.7. The van der Waals surface area contributed by atoms with Crippen LogP contribution in [0.2, 0.25) is 0 Å². The monoisotopic (exact) mass is 341 g/mol. The zero-order chi connectivity index (χ0) is 17.2. The zero-order valence-electron chi connectivity index (χ0n) is 14.2.